The average molecular weight is 463 g/mol. The first-order valence-corrected chi connectivity index (χ1v) is 10.9. The number of esters is 1. The van der Waals surface area contributed by atoms with Gasteiger partial charge in [-0.15, -0.1) is 4.99 Å². The summed E-state index contributed by atoms with van der Waals surface area (Å²) in [5.74, 6) is -0.141. The molecule has 5 N–H and O–H groups in total. The lowest BCUT2D eigenvalue weighted by molar-refractivity contribution is -0.150. The van der Waals surface area contributed by atoms with Crippen molar-refractivity contribution in [1.82, 2.24) is 19.7 Å². The van der Waals surface area contributed by atoms with Gasteiger partial charge in [-0.2, -0.15) is 5.10 Å². The van der Waals surface area contributed by atoms with Gasteiger partial charge >= 0.3 is 11.9 Å². The molecule has 2 aromatic heterocycles. The van der Waals surface area contributed by atoms with Gasteiger partial charge in [0, 0.05) is 24.2 Å². The van der Waals surface area contributed by atoms with Crippen LogP contribution in [0.3, 0.4) is 0 Å². The van der Waals surface area contributed by atoms with Crippen molar-refractivity contribution in [2.24, 2.45) is 4.99 Å². The maximum Gasteiger partial charge on any atom is 0.369 e. The second-order valence-electron chi connectivity index (χ2n) is 8.88. The maximum absolute atomic E-state index is 12.0. The van der Waals surface area contributed by atoms with Gasteiger partial charge in [-0.25, -0.2) is 14.8 Å². The van der Waals surface area contributed by atoms with Gasteiger partial charge in [-0.05, 0) is 37.8 Å². The number of rotatable bonds is 6. The molecule has 0 aliphatic heterocycles. The van der Waals surface area contributed by atoms with Crippen LogP contribution in [0.2, 0.25) is 0 Å². The summed E-state index contributed by atoms with van der Waals surface area (Å²) in [5.41, 5.74) is 7.25. The minimum atomic E-state index is -1.02. The van der Waals surface area contributed by atoms with Crippen LogP contribution < -0.4 is 5.73 Å². The number of methoxy groups -OCH3 is 1. The van der Waals surface area contributed by atoms with Gasteiger partial charge in [-0.1, -0.05) is 30.7 Å². The van der Waals surface area contributed by atoms with E-state index < -0.39 is 16.9 Å². The summed E-state index contributed by atoms with van der Waals surface area (Å²) in [6, 6.07) is 7.94. The zero-order valence-electron chi connectivity index (χ0n) is 19.4. The summed E-state index contributed by atoms with van der Waals surface area (Å²) >= 11 is 0. The molecular weight excluding hydrogens is 434 g/mol. The van der Waals surface area contributed by atoms with E-state index in [0.717, 1.165) is 36.0 Å². The van der Waals surface area contributed by atoms with Crippen molar-refractivity contribution in [2.45, 2.75) is 44.1 Å². The van der Waals surface area contributed by atoms with Crippen LogP contribution in [0.1, 0.15) is 44.2 Å². The van der Waals surface area contributed by atoms with E-state index in [0.29, 0.717) is 5.56 Å². The fourth-order valence-electron chi connectivity index (χ4n) is 4.04. The summed E-state index contributed by atoms with van der Waals surface area (Å²) in [5, 5.41) is 21.4. The van der Waals surface area contributed by atoms with E-state index in [1.54, 1.807) is 32.4 Å². The summed E-state index contributed by atoms with van der Waals surface area (Å²) < 4.78 is 6.28. The number of nitrogens with two attached hydrogens (primary N) is 1. The Labute approximate surface area is 197 Å². The van der Waals surface area contributed by atoms with Crippen molar-refractivity contribution >= 4 is 23.7 Å². The number of nitrogens with one attached hydrogen (secondary N) is 1. The molecule has 0 unspecified atom stereocenters. The number of aliphatic imine (C=N–C) groups is 1. The summed E-state index contributed by atoms with van der Waals surface area (Å²) in [4.78, 5) is 24.5. The standard InChI is InChI=1S/C24H27N7O3/c1-23(2,21(33)34-3)31-14-17(13-29-31)19(32)30-20(25)24(9-4-10-24)18-7-5-15(6-8-18)16-11-27-22(26)28-12-16/h5-8,11-14H,4,9-10H2,1-3H3,(H2,25,30,32)(H2,26,27,28)/p+1. The number of ether oxygens (including phenoxy) is 1. The number of benzene rings is 1. The van der Waals surface area contributed by atoms with Crippen LogP contribution in [-0.2, 0) is 20.5 Å². The Bertz CT molecular complexity index is 1240. The van der Waals surface area contributed by atoms with Crippen LogP contribution >= 0.6 is 0 Å². The average Bonchev–Trinajstić information content (AvgIpc) is 3.30. The van der Waals surface area contributed by atoms with E-state index in [-0.39, 0.29) is 17.7 Å². The molecule has 34 heavy (non-hydrogen) atoms. The highest BCUT2D eigenvalue weighted by atomic mass is 16.5. The Morgan fingerprint density at radius 3 is 2.38 bits per heavy atom. The topological polar surface area (TPSA) is 155 Å². The molecule has 0 bridgehead atoms. The van der Waals surface area contributed by atoms with E-state index >= 15 is 0 Å². The molecule has 3 aromatic rings. The lowest BCUT2D eigenvalue weighted by Crippen LogP contribution is -2.41. The number of nitrogens with zero attached hydrogens (tertiary/aromatic N) is 5. The Morgan fingerprint density at radius 1 is 1.18 bits per heavy atom. The molecule has 10 heteroatoms. The van der Waals surface area contributed by atoms with Crippen molar-refractivity contribution in [3.05, 3.63) is 60.2 Å². The minimum Gasteiger partial charge on any atom is -0.578 e. The highest BCUT2D eigenvalue weighted by molar-refractivity contribution is 6.04. The zero-order chi connectivity index (χ0) is 24.5. The van der Waals surface area contributed by atoms with Gasteiger partial charge in [0.25, 0.3) is 0 Å². The molecule has 1 saturated carbocycles. The summed E-state index contributed by atoms with van der Waals surface area (Å²) in [7, 11) is 1.32. The largest absolute Gasteiger partial charge is 0.578 e. The molecule has 0 radical (unpaired) electrons. The Balaban J connectivity index is 1.57. The van der Waals surface area contributed by atoms with Crippen LogP contribution in [0.15, 0.2) is 54.0 Å². The van der Waals surface area contributed by atoms with E-state index in [4.69, 9.17) is 21.0 Å². The van der Waals surface area contributed by atoms with Gasteiger partial charge < -0.3 is 15.6 Å². The van der Waals surface area contributed by atoms with Crippen LogP contribution in [0, 0.1) is 5.41 Å². The lowest BCUT2D eigenvalue weighted by atomic mass is 9.63. The fourth-order valence-corrected chi connectivity index (χ4v) is 4.04. The third kappa shape index (κ3) is 4.02. The van der Waals surface area contributed by atoms with Gasteiger partial charge in [0.15, 0.2) is 5.54 Å². The van der Waals surface area contributed by atoms with Crippen molar-refractivity contribution < 1.29 is 14.6 Å². The quantitative estimate of drug-likeness (QED) is 0.248. The van der Waals surface area contributed by atoms with E-state index in [2.05, 4.69) is 20.1 Å². The van der Waals surface area contributed by atoms with E-state index in [1.807, 2.05) is 24.3 Å². The van der Waals surface area contributed by atoms with Crippen molar-refractivity contribution in [2.75, 3.05) is 12.8 Å². The molecule has 10 nitrogen and oxygen atoms in total. The number of anilines is 1. The van der Waals surface area contributed by atoms with Crippen molar-refractivity contribution in [3.8, 4) is 11.1 Å². The molecule has 1 fully saturated rings. The monoisotopic (exact) mass is 462 g/mol. The van der Waals surface area contributed by atoms with Gasteiger partial charge in [-0.3, -0.25) is 10.1 Å². The molecule has 1 aliphatic carbocycles. The molecule has 0 amide bonds. The number of hydrogen-bond acceptors (Lipinski definition) is 7. The molecule has 1 aromatic carbocycles. The molecular formula is C24H28N7O3+. The molecule has 4 rings (SSSR count). The van der Waals surface area contributed by atoms with Crippen LogP contribution in [0.5, 0.6) is 0 Å². The second-order valence-corrected chi connectivity index (χ2v) is 8.88. The normalized spacial score (nSPS) is 15.4. The van der Waals surface area contributed by atoms with Crippen LogP contribution in [0.25, 0.3) is 11.1 Å². The van der Waals surface area contributed by atoms with Crippen molar-refractivity contribution in [3.63, 3.8) is 0 Å². The maximum atomic E-state index is 12.0. The van der Waals surface area contributed by atoms with Crippen LogP contribution in [-0.4, -0.2) is 49.7 Å². The van der Waals surface area contributed by atoms with Gasteiger partial charge in [0.05, 0.1) is 18.7 Å². The number of carbonyl (C=O) groups excluding carboxylic acids is 1. The number of nitrogen functional groups attached to an aromatic ring is 1. The first kappa shape index (κ1) is 23.1. The molecule has 0 spiro atoms. The summed E-state index contributed by atoms with van der Waals surface area (Å²) in [6.45, 7) is 3.36. The van der Waals surface area contributed by atoms with Crippen molar-refractivity contribution in [1.29, 1.82) is 5.41 Å². The molecule has 0 atom stereocenters. The highest BCUT2D eigenvalue weighted by Gasteiger charge is 2.44. The minimum absolute atomic E-state index is 0.0705. The van der Waals surface area contributed by atoms with Crippen LogP contribution in [0.4, 0.5) is 5.95 Å². The van der Waals surface area contributed by atoms with Gasteiger partial charge in [0.1, 0.15) is 11.4 Å². The predicted molar refractivity (Wildman–Crippen MR) is 129 cm³/mol. The zero-order valence-corrected chi connectivity index (χ0v) is 19.4. The number of hydrogen-bond donors (Lipinski definition) is 2. The highest BCUT2D eigenvalue weighted by Crippen LogP contribution is 2.45. The predicted octanol–water partition coefficient (Wildman–Crippen LogP) is 2.40. The molecule has 2 heterocycles. The fraction of sp³-hybridized carbons (Fsp3) is 0.333. The Morgan fingerprint density at radius 2 is 1.82 bits per heavy atom. The Kier molecular flexibility index (Phi) is 5.90. The third-order valence-electron chi connectivity index (χ3n) is 6.44. The first-order chi connectivity index (χ1) is 16.2. The number of aromatic nitrogens is 4. The molecule has 0 saturated heterocycles. The van der Waals surface area contributed by atoms with E-state index in [9.17, 15) is 4.79 Å². The number of amidine groups is 1. The second kappa shape index (κ2) is 8.69. The smallest absolute Gasteiger partial charge is 0.369 e. The Hall–Kier alpha value is -4.08. The number of carbonyl (C=O) groups is 1. The lowest BCUT2D eigenvalue weighted by Gasteiger charge is -2.41. The summed E-state index contributed by atoms with van der Waals surface area (Å²) in [6.07, 6.45) is 8.98. The first-order valence-electron chi connectivity index (χ1n) is 10.9. The van der Waals surface area contributed by atoms with Gasteiger partial charge in [0.2, 0.25) is 5.95 Å². The molecule has 176 valence electrons. The third-order valence-corrected chi connectivity index (χ3v) is 6.44. The van der Waals surface area contributed by atoms with E-state index in [1.165, 1.54) is 18.0 Å². The molecule has 1 aliphatic rings. The SMILES string of the molecule is COC(=O)C(C)(C)n1cc(C([OH2+])=NC(=N)C2(c3ccc(-c4cnc(N)nc4)cc3)CCC2)cn1.